The lowest BCUT2D eigenvalue weighted by Crippen LogP contribution is -2.21. The predicted molar refractivity (Wildman–Crippen MR) is 92.6 cm³/mol. The van der Waals surface area contributed by atoms with Gasteiger partial charge in [-0.05, 0) is 24.1 Å². The van der Waals surface area contributed by atoms with Crippen LogP contribution >= 0.6 is 0 Å². The number of phenolic OH excluding ortho intramolecular Hbond substituents is 1. The SMILES string of the molecule is COc1ccc(CC(CO)CNc2cc(N)n3ncnc3n2)cc1O. The molecule has 1 unspecified atom stereocenters. The Morgan fingerprint density at radius 3 is 2.92 bits per heavy atom. The number of nitrogen functional groups attached to an aromatic ring is 1. The molecule has 25 heavy (non-hydrogen) atoms. The third-order valence-corrected chi connectivity index (χ3v) is 3.88. The molecule has 5 N–H and O–H groups in total. The first-order chi connectivity index (χ1) is 12.1. The molecule has 0 saturated carbocycles. The van der Waals surface area contributed by atoms with Crippen molar-refractivity contribution in [3.63, 3.8) is 0 Å². The molecular formula is C16H20N6O3. The standard InChI is InChI=1S/C16H20N6O3/c1-25-13-3-2-10(5-12(13)24)4-11(8-23)7-18-15-6-14(17)22-16(21-15)19-9-20-22/h2-3,5-6,9,11,23-24H,4,7-8,17H2,1H3,(H,18,19,20,21). The van der Waals surface area contributed by atoms with Crippen LogP contribution in [0.3, 0.4) is 0 Å². The van der Waals surface area contributed by atoms with Crippen molar-refractivity contribution in [1.82, 2.24) is 19.6 Å². The van der Waals surface area contributed by atoms with E-state index in [1.54, 1.807) is 18.2 Å². The summed E-state index contributed by atoms with van der Waals surface area (Å²) in [6, 6.07) is 6.86. The third-order valence-electron chi connectivity index (χ3n) is 3.88. The molecule has 9 heteroatoms. The lowest BCUT2D eigenvalue weighted by Gasteiger charge is -2.16. The monoisotopic (exact) mass is 344 g/mol. The van der Waals surface area contributed by atoms with Crippen LogP contribution in [0.4, 0.5) is 11.6 Å². The van der Waals surface area contributed by atoms with Gasteiger partial charge in [-0.2, -0.15) is 19.6 Å². The van der Waals surface area contributed by atoms with E-state index in [9.17, 15) is 10.2 Å². The molecule has 3 rings (SSSR count). The number of hydrogen-bond donors (Lipinski definition) is 4. The highest BCUT2D eigenvalue weighted by atomic mass is 16.5. The van der Waals surface area contributed by atoms with Gasteiger partial charge in [0.1, 0.15) is 18.0 Å². The van der Waals surface area contributed by atoms with Gasteiger partial charge in [0.05, 0.1) is 7.11 Å². The Hall–Kier alpha value is -3.07. The van der Waals surface area contributed by atoms with E-state index in [-0.39, 0.29) is 18.3 Å². The fraction of sp³-hybridized carbons (Fsp3) is 0.312. The van der Waals surface area contributed by atoms with E-state index in [2.05, 4.69) is 20.4 Å². The minimum atomic E-state index is -0.0649. The first-order valence-electron chi connectivity index (χ1n) is 7.77. The summed E-state index contributed by atoms with van der Waals surface area (Å²) in [5, 5.41) is 26.6. The summed E-state index contributed by atoms with van der Waals surface area (Å²) in [4.78, 5) is 8.32. The van der Waals surface area contributed by atoms with Crippen LogP contribution in [0, 0.1) is 5.92 Å². The number of aliphatic hydroxyl groups excluding tert-OH is 1. The second kappa shape index (κ2) is 7.22. The summed E-state index contributed by atoms with van der Waals surface area (Å²) >= 11 is 0. The number of methoxy groups -OCH3 is 1. The maximum absolute atomic E-state index is 9.85. The van der Waals surface area contributed by atoms with E-state index in [1.165, 1.54) is 18.0 Å². The van der Waals surface area contributed by atoms with Gasteiger partial charge in [-0.3, -0.25) is 0 Å². The maximum atomic E-state index is 9.85. The zero-order valence-electron chi connectivity index (χ0n) is 13.8. The molecule has 1 atom stereocenters. The van der Waals surface area contributed by atoms with E-state index in [0.29, 0.717) is 36.1 Å². The molecule has 0 aliphatic carbocycles. The molecule has 1 aromatic carbocycles. The van der Waals surface area contributed by atoms with Crippen molar-refractivity contribution in [2.24, 2.45) is 5.92 Å². The lowest BCUT2D eigenvalue weighted by molar-refractivity contribution is 0.232. The Kier molecular flexibility index (Phi) is 4.85. The zero-order valence-corrected chi connectivity index (χ0v) is 13.8. The topological polar surface area (TPSA) is 131 Å². The van der Waals surface area contributed by atoms with Gasteiger partial charge in [-0.25, -0.2) is 0 Å². The summed E-state index contributed by atoms with van der Waals surface area (Å²) in [6.07, 6.45) is 1.97. The van der Waals surface area contributed by atoms with Crippen molar-refractivity contribution in [3.05, 3.63) is 36.2 Å². The number of rotatable bonds is 7. The highest BCUT2D eigenvalue weighted by Gasteiger charge is 2.12. The summed E-state index contributed by atoms with van der Waals surface area (Å²) in [5.41, 5.74) is 6.80. The highest BCUT2D eigenvalue weighted by molar-refractivity contribution is 5.51. The number of anilines is 2. The van der Waals surface area contributed by atoms with Crippen molar-refractivity contribution in [1.29, 1.82) is 0 Å². The smallest absolute Gasteiger partial charge is 0.256 e. The maximum Gasteiger partial charge on any atom is 0.256 e. The van der Waals surface area contributed by atoms with E-state index < -0.39 is 0 Å². The minimum Gasteiger partial charge on any atom is -0.504 e. The number of aliphatic hydroxyl groups is 1. The van der Waals surface area contributed by atoms with Crippen LogP contribution in [0.2, 0.25) is 0 Å². The van der Waals surface area contributed by atoms with Crippen molar-refractivity contribution in [2.75, 3.05) is 31.3 Å². The van der Waals surface area contributed by atoms with Crippen molar-refractivity contribution < 1.29 is 14.9 Å². The summed E-state index contributed by atoms with van der Waals surface area (Å²) in [5.74, 6) is 1.83. The molecule has 0 radical (unpaired) electrons. The fourth-order valence-corrected chi connectivity index (χ4v) is 2.57. The van der Waals surface area contributed by atoms with E-state index in [4.69, 9.17) is 10.5 Å². The average Bonchev–Trinajstić information content (AvgIpc) is 3.08. The van der Waals surface area contributed by atoms with Gasteiger partial charge in [-0.15, -0.1) is 0 Å². The van der Waals surface area contributed by atoms with E-state index in [0.717, 1.165) is 5.56 Å². The number of nitrogens with two attached hydrogens (primary N) is 1. The average molecular weight is 344 g/mol. The molecule has 132 valence electrons. The first kappa shape index (κ1) is 16.8. The Morgan fingerprint density at radius 1 is 1.36 bits per heavy atom. The number of fused-ring (bicyclic) bond motifs is 1. The van der Waals surface area contributed by atoms with Gasteiger partial charge in [0.15, 0.2) is 11.5 Å². The number of benzene rings is 1. The number of nitrogens with one attached hydrogen (secondary N) is 1. The number of hydrogen-bond acceptors (Lipinski definition) is 8. The second-order valence-corrected chi connectivity index (χ2v) is 5.68. The predicted octanol–water partition coefficient (Wildman–Crippen LogP) is 0.684. The van der Waals surface area contributed by atoms with Gasteiger partial charge in [-0.1, -0.05) is 6.07 Å². The van der Waals surface area contributed by atoms with Crippen LogP contribution in [0.5, 0.6) is 11.5 Å². The number of nitrogens with zero attached hydrogens (tertiary/aromatic N) is 4. The lowest BCUT2D eigenvalue weighted by atomic mass is 9.99. The van der Waals surface area contributed by atoms with Crippen LogP contribution in [-0.2, 0) is 6.42 Å². The molecule has 0 saturated heterocycles. The summed E-state index contributed by atoms with van der Waals surface area (Å²) < 4.78 is 6.47. The Balaban J connectivity index is 1.66. The molecule has 0 fully saturated rings. The largest absolute Gasteiger partial charge is 0.504 e. The second-order valence-electron chi connectivity index (χ2n) is 5.68. The summed E-state index contributed by atoms with van der Waals surface area (Å²) in [6.45, 7) is 0.475. The Morgan fingerprint density at radius 2 is 2.20 bits per heavy atom. The molecular weight excluding hydrogens is 324 g/mol. The molecule has 0 bridgehead atoms. The Labute approximate surface area is 144 Å². The van der Waals surface area contributed by atoms with Gasteiger partial charge in [0.2, 0.25) is 0 Å². The van der Waals surface area contributed by atoms with Crippen LogP contribution < -0.4 is 15.8 Å². The summed E-state index contributed by atoms with van der Waals surface area (Å²) in [7, 11) is 1.50. The van der Waals surface area contributed by atoms with E-state index in [1.807, 2.05) is 6.07 Å². The third kappa shape index (κ3) is 3.72. The fourth-order valence-electron chi connectivity index (χ4n) is 2.57. The molecule has 9 nitrogen and oxygen atoms in total. The van der Waals surface area contributed by atoms with E-state index >= 15 is 0 Å². The van der Waals surface area contributed by atoms with Crippen LogP contribution in [0.15, 0.2) is 30.6 Å². The minimum absolute atomic E-state index is 0.0115. The van der Waals surface area contributed by atoms with Crippen molar-refractivity contribution in [3.8, 4) is 11.5 Å². The number of aromatic nitrogens is 4. The van der Waals surface area contributed by atoms with Crippen LogP contribution in [0.1, 0.15) is 5.56 Å². The molecule has 0 amide bonds. The van der Waals surface area contributed by atoms with Crippen molar-refractivity contribution in [2.45, 2.75) is 6.42 Å². The molecule has 2 aromatic heterocycles. The molecule has 0 aliphatic rings. The molecule has 2 heterocycles. The van der Waals surface area contributed by atoms with Gasteiger partial charge >= 0.3 is 0 Å². The highest BCUT2D eigenvalue weighted by Crippen LogP contribution is 2.27. The normalized spacial score (nSPS) is 12.2. The van der Waals surface area contributed by atoms with Gasteiger partial charge in [0.25, 0.3) is 5.78 Å². The van der Waals surface area contributed by atoms with Crippen LogP contribution in [-0.4, -0.2) is 50.1 Å². The first-order valence-corrected chi connectivity index (χ1v) is 7.77. The van der Waals surface area contributed by atoms with Crippen LogP contribution in [0.25, 0.3) is 5.78 Å². The van der Waals surface area contributed by atoms with Gasteiger partial charge in [0, 0.05) is 25.1 Å². The zero-order chi connectivity index (χ0) is 17.8. The number of ether oxygens (including phenoxy) is 1. The quantitative estimate of drug-likeness (QED) is 0.492. The number of aromatic hydroxyl groups is 1. The number of phenols is 1. The molecule has 0 aliphatic heterocycles. The molecule has 0 spiro atoms. The van der Waals surface area contributed by atoms with Crippen molar-refractivity contribution >= 4 is 17.4 Å². The Bertz CT molecular complexity index is 866. The molecule has 3 aromatic rings. The van der Waals surface area contributed by atoms with Gasteiger partial charge < -0.3 is 26.0 Å².